The number of hydrogen-bond donors (Lipinski definition) is 4. The Morgan fingerprint density at radius 1 is 1.31 bits per heavy atom. The standard InChI is InChI=1S/C20H27N9O3/c1-32-9-8-28-11-15(17(27-28)18(22)30)25-20(31)12-10-23-29-7-6-16(26-19(12)29)24-14-5-3-2-4-13(14)21/h6-7,10-11,13-14H,2-5,8-9,21H2,1H3,(H2,22,30)(H,24,26)(H,25,31)/t13-,14+/m0/s1. The van der Waals surface area contributed by atoms with Crippen LogP contribution in [0.15, 0.2) is 24.7 Å². The predicted molar refractivity (Wildman–Crippen MR) is 117 cm³/mol. The number of hydrogen-bond acceptors (Lipinski definition) is 8. The van der Waals surface area contributed by atoms with Crippen LogP contribution in [0.25, 0.3) is 5.65 Å². The highest BCUT2D eigenvalue weighted by atomic mass is 16.5. The second kappa shape index (κ2) is 9.32. The summed E-state index contributed by atoms with van der Waals surface area (Å²) in [6.07, 6.45) is 8.89. The van der Waals surface area contributed by atoms with E-state index in [-0.39, 0.29) is 29.0 Å². The maximum Gasteiger partial charge on any atom is 0.271 e. The maximum absolute atomic E-state index is 13.0. The quantitative estimate of drug-likeness (QED) is 0.394. The lowest BCUT2D eigenvalue weighted by Gasteiger charge is -2.29. The molecule has 3 aromatic heterocycles. The van der Waals surface area contributed by atoms with E-state index in [9.17, 15) is 9.59 Å². The van der Waals surface area contributed by atoms with Crippen molar-refractivity contribution in [2.45, 2.75) is 44.3 Å². The van der Waals surface area contributed by atoms with Crippen molar-refractivity contribution in [3.63, 3.8) is 0 Å². The fourth-order valence-corrected chi connectivity index (χ4v) is 3.82. The van der Waals surface area contributed by atoms with Gasteiger partial charge in [-0.25, -0.2) is 9.50 Å². The fraction of sp³-hybridized carbons (Fsp3) is 0.450. The number of carbonyl (C=O) groups is 2. The van der Waals surface area contributed by atoms with Crippen molar-refractivity contribution in [1.29, 1.82) is 0 Å². The van der Waals surface area contributed by atoms with Gasteiger partial charge in [0.15, 0.2) is 11.3 Å². The SMILES string of the molecule is COCCn1cc(NC(=O)c2cnn3ccc(N[C@@H]4CCCC[C@@H]4N)nc23)c(C(N)=O)n1. The van der Waals surface area contributed by atoms with E-state index in [4.69, 9.17) is 16.2 Å². The normalized spacial score (nSPS) is 18.6. The second-order valence-electron chi connectivity index (χ2n) is 7.80. The lowest BCUT2D eigenvalue weighted by Crippen LogP contribution is -2.42. The number of ether oxygens (including phenoxy) is 1. The number of anilines is 2. The molecule has 1 saturated carbocycles. The topological polar surface area (TPSA) is 167 Å². The Hall–Kier alpha value is -3.51. The summed E-state index contributed by atoms with van der Waals surface area (Å²) in [5, 5.41) is 14.4. The Labute approximate surface area is 184 Å². The molecule has 0 saturated heterocycles. The highest BCUT2D eigenvalue weighted by Gasteiger charge is 2.23. The molecule has 0 unspecified atom stereocenters. The van der Waals surface area contributed by atoms with Crippen LogP contribution >= 0.6 is 0 Å². The summed E-state index contributed by atoms with van der Waals surface area (Å²) < 4.78 is 8.02. The monoisotopic (exact) mass is 441 g/mol. The molecule has 3 aromatic rings. The van der Waals surface area contributed by atoms with Crippen LogP contribution in [-0.2, 0) is 11.3 Å². The van der Waals surface area contributed by atoms with Crippen LogP contribution in [0, 0.1) is 0 Å². The molecule has 32 heavy (non-hydrogen) atoms. The van der Waals surface area contributed by atoms with Crippen LogP contribution in [0.4, 0.5) is 11.5 Å². The predicted octanol–water partition coefficient (Wildman–Crippen LogP) is 0.605. The average Bonchev–Trinajstić information content (AvgIpc) is 3.37. The molecular formula is C20H27N9O3. The van der Waals surface area contributed by atoms with E-state index in [1.165, 1.54) is 21.6 Å². The minimum atomic E-state index is -0.746. The van der Waals surface area contributed by atoms with Crippen LogP contribution < -0.4 is 22.1 Å². The van der Waals surface area contributed by atoms with Gasteiger partial charge in [0.25, 0.3) is 11.8 Å². The summed E-state index contributed by atoms with van der Waals surface area (Å²) in [6.45, 7) is 0.801. The summed E-state index contributed by atoms with van der Waals surface area (Å²) in [6, 6.07) is 2.00. The minimum Gasteiger partial charge on any atom is -0.383 e. The molecule has 12 nitrogen and oxygen atoms in total. The summed E-state index contributed by atoms with van der Waals surface area (Å²) in [5.41, 5.74) is 12.5. The molecule has 2 atom stereocenters. The summed E-state index contributed by atoms with van der Waals surface area (Å²) in [4.78, 5) is 29.3. The van der Waals surface area contributed by atoms with E-state index in [1.807, 2.05) is 0 Å². The summed E-state index contributed by atoms with van der Waals surface area (Å²) in [7, 11) is 1.56. The van der Waals surface area contributed by atoms with Gasteiger partial charge in [-0.3, -0.25) is 14.3 Å². The number of nitrogens with two attached hydrogens (primary N) is 2. The minimum absolute atomic E-state index is 0.0347. The van der Waals surface area contributed by atoms with Gasteiger partial charge >= 0.3 is 0 Å². The van der Waals surface area contributed by atoms with Gasteiger partial charge in [-0.05, 0) is 18.9 Å². The van der Waals surface area contributed by atoms with E-state index < -0.39 is 11.8 Å². The van der Waals surface area contributed by atoms with Gasteiger partial charge in [0.2, 0.25) is 0 Å². The molecule has 6 N–H and O–H groups in total. The van der Waals surface area contributed by atoms with Gasteiger partial charge < -0.3 is 26.8 Å². The van der Waals surface area contributed by atoms with Gasteiger partial charge in [0.1, 0.15) is 11.4 Å². The number of nitrogens with zero attached hydrogens (tertiary/aromatic N) is 5. The first-order valence-corrected chi connectivity index (χ1v) is 10.5. The van der Waals surface area contributed by atoms with Crippen molar-refractivity contribution in [3.8, 4) is 0 Å². The largest absolute Gasteiger partial charge is 0.383 e. The highest BCUT2D eigenvalue weighted by molar-refractivity contribution is 6.10. The molecule has 0 spiro atoms. The van der Waals surface area contributed by atoms with Crippen molar-refractivity contribution in [1.82, 2.24) is 24.4 Å². The molecule has 12 heteroatoms. The summed E-state index contributed by atoms with van der Waals surface area (Å²) >= 11 is 0. The van der Waals surface area contributed by atoms with E-state index in [1.54, 1.807) is 19.4 Å². The molecular weight excluding hydrogens is 414 g/mol. The fourth-order valence-electron chi connectivity index (χ4n) is 3.82. The number of amides is 2. The van der Waals surface area contributed by atoms with Crippen molar-refractivity contribution in [2.75, 3.05) is 24.4 Å². The molecule has 170 valence electrons. The van der Waals surface area contributed by atoms with Crippen LogP contribution in [0.3, 0.4) is 0 Å². The molecule has 1 aliphatic carbocycles. The van der Waals surface area contributed by atoms with E-state index >= 15 is 0 Å². The van der Waals surface area contributed by atoms with E-state index in [0.29, 0.717) is 24.6 Å². The van der Waals surface area contributed by atoms with Gasteiger partial charge in [0, 0.05) is 31.6 Å². The maximum atomic E-state index is 13.0. The lowest BCUT2D eigenvalue weighted by atomic mass is 9.91. The van der Waals surface area contributed by atoms with Crippen LogP contribution in [-0.4, -0.2) is 62.0 Å². The zero-order chi connectivity index (χ0) is 22.7. The van der Waals surface area contributed by atoms with Crippen LogP contribution in [0.5, 0.6) is 0 Å². The highest BCUT2D eigenvalue weighted by Crippen LogP contribution is 2.22. The van der Waals surface area contributed by atoms with Crippen LogP contribution in [0.1, 0.15) is 46.5 Å². The van der Waals surface area contributed by atoms with Crippen LogP contribution in [0.2, 0.25) is 0 Å². The van der Waals surface area contributed by atoms with Crippen molar-refractivity contribution in [2.24, 2.45) is 11.5 Å². The smallest absolute Gasteiger partial charge is 0.271 e. The number of methoxy groups -OCH3 is 1. The third-order valence-electron chi connectivity index (χ3n) is 5.53. The number of nitrogens with one attached hydrogen (secondary N) is 2. The molecule has 4 rings (SSSR count). The molecule has 0 aromatic carbocycles. The average molecular weight is 441 g/mol. The third kappa shape index (κ3) is 4.55. The zero-order valence-corrected chi connectivity index (χ0v) is 17.8. The van der Waals surface area contributed by atoms with Crippen molar-refractivity contribution < 1.29 is 14.3 Å². The summed E-state index contributed by atoms with van der Waals surface area (Å²) in [5.74, 6) is -0.600. The molecule has 3 heterocycles. The van der Waals surface area contributed by atoms with Gasteiger partial charge in [-0.2, -0.15) is 10.2 Å². The Bertz CT molecular complexity index is 1120. The molecule has 1 aliphatic rings. The first kappa shape index (κ1) is 21.7. The number of rotatable bonds is 8. The Morgan fingerprint density at radius 2 is 2.12 bits per heavy atom. The van der Waals surface area contributed by atoms with E-state index in [0.717, 1.165) is 25.7 Å². The Kier molecular flexibility index (Phi) is 6.32. The second-order valence-corrected chi connectivity index (χ2v) is 7.80. The molecule has 0 aliphatic heterocycles. The van der Waals surface area contributed by atoms with Gasteiger partial charge in [-0.15, -0.1) is 0 Å². The molecule has 0 bridgehead atoms. The number of carbonyl (C=O) groups excluding carboxylic acids is 2. The Morgan fingerprint density at radius 3 is 2.88 bits per heavy atom. The number of aromatic nitrogens is 5. The number of primary amides is 1. The van der Waals surface area contributed by atoms with Crippen molar-refractivity contribution in [3.05, 3.63) is 35.9 Å². The first-order valence-electron chi connectivity index (χ1n) is 10.5. The first-order chi connectivity index (χ1) is 15.5. The van der Waals surface area contributed by atoms with E-state index in [2.05, 4.69) is 25.8 Å². The third-order valence-corrected chi connectivity index (χ3v) is 5.53. The molecule has 1 fully saturated rings. The molecule has 0 radical (unpaired) electrons. The zero-order valence-electron chi connectivity index (χ0n) is 17.8. The molecule has 2 amide bonds. The Balaban J connectivity index is 1.56. The number of fused-ring (bicyclic) bond motifs is 1. The van der Waals surface area contributed by atoms with Gasteiger partial charge in [-0.1, -0.05) is 12.8 Å². The van der Waals surface area contributed by atoms with Gasteiger partial charge in [0.05, 0.1) is 25.0 Å². The lowest BCUT2D eigenvalue weighted by molar-refractivity contribution is 0.0995. The van der Waals surface area contributed by atoms with Crippen molar-refractivity contribution >= 4 is 29.0 Å².